The Morgan fingerprint density at radius 2 is 2.06 bits per heavy atom. The van der Waals surface area contributed by atoms with Crippen LogP contribution in [0.4, 0.5) is 10.1 Å². The summed E-state index contributed by atoms with van der Waals surface area (Å²) in [6.07, 6.45) is 0. The summed E-state index contributed by atoms with van der Waals surface area (Å²) in [7, 11) is 0. The first-order valence-electron chi connectivity index (χ1n) is 4.99. The van der Waals surface area contributed by atoms with E-state index in [0.29, 0.717) is 6.61 Å². The highest BCUT2D eigenvalue weighted by Gasteiger charge is 2.10. The predicted molar refractivity (Wildman–Crippen MR) is 69.7 cm³/mol. The zero-order chi connectivity index (χ0) is 13.7. The topological polar surface area (TPSA) is 112 Å². The molecule has 0 heterocycles. The summed E-state index contributed by atoms with van der Waals surface area (Å²) in [6, 6.07) is 2.51. The van der Waals surface area contributed by atoms with Crippen LogP contribution in [0.3, 0.4) is 0 Å². The van der Waals surface area contributed by atoms with Crippen LogP contribution in [0.15, 0.2) is 22.1 Å². The molecule has 1 aromatic carbocycles. The molecule has 0 atom stereocenters. The van der Waals surface area contributed by atoms with Crippen LogP contribution in [0.2, 0.25) is 5.02 Å². The van der Waals surface area contributed by atoms with Crippen molar-refractivity contribution in [1.82, 2.24) is 0 Å². The molecule has 0 aliphatic rings. The molecular weight excluding hydrogens is 261 g/mol. The van der Waals surface area contributed by atoms with Crippen molar-refractivity contribution in [2.75, 3.05) is 6.61 Å². The van der Waals surface area contributed by atoms with Gasteiger partial charge < -0.3 is 21.9 Å². The maximum atomic E-state index is 13.6. The van der Waals surface area contributed by atoms with Gasteiger partial charge in [0.05, 0.1) is 17.3 Å². The summed E-state index contributed by atoms with van der Waals surface area (Å²) in [5, 5.41) is 0.0908. The number of guanidine groups is 2. The molecule has 1 rings (SSSR count). The van der Waals surface area contributed by atoms with Crippen LogP contribution in [0.25, 0.3) is 0 Å². The first-order valence-corrected chi connectivity index (χ1v) is 5.37. The molecule has 0 spiro atoms. The normalized spacial score (nSPS) is 11.2. The fourth-order valence-electron chi connectivity index (χ4n) is 1.18. The molecule has 0 aliphatic heterocycles. The van der Waals surface area contributed by atoms with Crippen LogP contribution in [-0.4, -0.2) is 18.5 Å². The molecule has 8 heteroatoms. The first-order chi connectivity index (χ1) is 8.43. The number of aliphatic imine (C=N–C) groups is 2. The van der Waals surface area contributed by atoms with Crippen LogP contribution in [-0.2, 0) is 0 Å². The van der Waals surface area contributed by atoms with Crippen LogP contribution >= 0.6 is 11.6 Å². The Labute approximate surface area is 108 Å². The fourth-order valence-corrected chi connectivity index (χ4v) is 1.44. The lowest BCUT2D eigenvalue weighted by molar-refractivity contribution is 0.322. The van der Waals surface area contributed by atoms with Crippen molar-refractivity contribution in [3.63, 3.8) is 0 Å². The molecule has 98 valence electrons. The van der Waals surface area contributed by atoms with E-state index >= 15 is 0 Å². The third-order valence-electron chi connectivity index (χ3n) is 1.76. The van der Waals surface area contributed by atoms with Gasteiger partial charge in [0, 0.05) is 6.07 Å². The van der Waals surface area contributed by atoms with Gasteiger partial charge in [0.25, 0.3) is 0 Å². The Balaban J connectivity index is 3.10. The van der Waals surface area contributed by atoms with Crippen LogP contribution in [0.1, 0.15) is 6.92 Å². The average molecular weight is 274 g/mol. The first kappa shape index (κ1) is 14.0. The molecule has 18 heavy (non-hydrogen) atoms. The maximum absolute atomic E-state index is 13.6. The second-order valence-electron chi connectivity index (χ2n) is 3.18. The van der Waals surface area contributed by atoms with E-state index in [-0.39, 0.29) is 28.4 Å². The quantitative estimate of drug-likeness (QED) is 0.565. The van der Waals surface area contributed by atoms with Crippen molar-refractivity contribution >= 4 is 29.2 Å². The molecular formula is C10H13ClFN5O. The van der Waals surface area contributed by atoms with Gasteiger partial charge in [0.15, 0.2) is 17.5 Å². The number of ether oxygens (including phenoxy) is 1. The van der Waals surface area contributed by atoms with E-state index in [1.54, 1.807) is 6.92 Å². The van der Waals surface area contributed by atoms with Gasteiger partial charge in [-0.1, -0.05) is 11.6 Å². The summed E-state index contributed by atoms with van der Waals surface area (Å²) in [4.78, 5) is 7.28. The lowest BCUT2D eigenvalue weighted by atomic mass is 10.3. The van der Waals surface area contributed by atoms with Crippen molar-refractivity contribution in [2.45, 2.75) is 6.92 Å². The zero-order valence-corrected chi connectivity index (χ0v) is 10.4. The number of rotatable bonds is 3. The third-order valence-corrected chi connectivity index (χ3v) is 2.04. The van der Waals surface area contributed by atoms with Gasteiger partial charge in [0.1, 0.15) is 0 Å². The lowest BCUT2D eigenvalue weighted by Crippen LogP contribution is -2.26. The van der Waals surface area contributed by atoms with Gasteiger partial charge in [-0.05, 0) is 13.0 Å². The van der Waals surface area contributed by atoms with Gasteiger partial charge in [-0.15, -0.1) is 0 Å². The van der Waals surface area contributed by atoms with Gasteiger partial charge in [-0.3, -0.25) is 0 Å². The molecule has 0 saturated heterocycles. The Morgan fingerprint density at radius 3 is 2.56 bits per heavy atom. The van der Waals surface area contributed by atoms with Crippen molar-refractivity contribution < 1.29 is 9.13 Å². The summed E-state index contributed by atoms with van der Waals surface area (Å²) < 4.78 is 18.6. The average Bonchev–Trinajstić information content (AvgIpc) is 2.22. The number of benzene rings is 1. The monoisotopic (exact) mass is 273 g/mol. The summed E-state index contributed by atoms with van der Waals surface area (Å²) in [5.74, 6) is -1.11. The molecule has 6 N–H and O–H groups in total. The van der Waals surface area contributed by atoms with Crippen molar-refractivity contribution in [3.8, 4) is 5.75 Å². The van der Waals surface area contributed by atoms with E-state index in [9.17, 15) is 4.39 Å². The number of nitrogens with two attached hydrogens (primary N) is 3. The van der Waals surface area contributed by atoms with E-state index in [0.717, 1.165) is 6.07 Å². The van der Waals surface area contributed by atoms with Gasteiger partial charge in [-0.25, -0.2) is 9.38 Å². The highest BCUT2D eigenvalue weighted by Crippen LogP contribution is 2.32. The van der Waals surface area contributed by atoms with Crippen molar-refractivity contribution in [1.29, 1.82) is 0 Å². The molecule has 0 fully saturated rings. The third kappa shape index (κ3) is 3.77. The van der Waals surface area contributed by atoms with E-state index < -0.39 is 5.82 Å². The van der Waals surface area contributed by atoms with Crippen LogP contribution in [0.5, 0.6) is 5.75 Å². The molecule has 0 bridgehead atoms. The van der Waals surface area contributed by atoms with Crippen molar-refractivity contribution in [3.05, 3.63) is 23.0 Å². The molecule has 0 aromatic heterocycles. The summed E-state index contributed by atoms with van der Waals surface area (Å²) in [6.45, 7) is 2.02. The SMILES string of the molecule is CCOc1c(F)cc(N=C(N)N=C(N)N)cc1Cl. The largest absolute Gasteiger partial charge is 0.489 e. The second kappa shape index (κ2) is 6.06. The van der Waals surface area contributed by atoms with Gasteiger partial charge in [-0.2, -0.15) is 4.99 Å². The molecule has 0 unspecified atom stereocenters. The number of hydrogen-bond donors (Lipinski definition) is 3. The Kier molecular flexibility index (Phi) is 4.73. The minimum absolute atomic E-state index is 0.0291. The number of nitrogens with zero attached hydrogens (tertiary/aromatic N) is 2. The smallest absolute Gasteiger partial charge is 0.223 e. The van der Waals surface area contributed by atoms with Crippen molar-refractivity contribution in [2.24, 2.45) is 27.2 Å². The minimum atomic E-state index is -0.638. The van der Waals surface area contributed by atoms with Crippen LogP contribution < -0.4 is 21.9 Å². The molecule has 1 aromatic rings. The number of hydrogen-bond acceptors (Lipinski definition) is 2. The fraction of sp³-hybridized carbons (Fsp3) is 0.200. The zero-order valence-electron chi connectivity index (χ0n) is 9.65. The van der Waals surface area contributed by atoms with Crippen LogP contribution in [0, 0.1) is 5.82 Å². The molecule has 0 amide bonds. The minimum Gasteiger partial charge on any atom is -0.489 e. The molecule has 6 nitrogen and oxygen atoms in total. The predicted octanol–water partition coefficient (Wildman–Crippen LogP) is 1.10. The Bertz CT molecular complexity index is 476. The highest BCUT2D eigenvalue weighted by atomic mass is 35.5. The van der Waals surface area contributed by atoms with Gasteiger partial charge >= 0.3 is 0 Å². The Hall–Kier alpha value is -2.02. The lowest BCUT2D eigenvalue weighted by Gasteiger charge is -2.07. The second-order valence-corrected chi connectivity index (χ2v) is 3.59. The van der Waals surface area contributed by atoms with E-state index in [1.165, 1.54) is 6.07 Å². The van der Waals surface area contributed by atoms with E-state index in [4.69, 9.17) is 33.5 Å². The summed E-state index contributed by atoms with van der Waals surface area (Å²) >= 11 is 5.84. The van der Waals surface area contributed by atoms with Gasteiger partial charge in [0.2, 0.25) is 5.96 Å². The van der Waals surface area contributed by atoms with E-state index in [2.05, 4.69) is 9.98 Å². The maximum Gasteiger partial charge on any atom is 0.223 e. The standard InChI is InChI=1S/C10H13ClFN5O/c1-2-18-8-6(11)3-5(4-7(8)12)16-10(15)17-9(13)14/h3-4H,2H2,1H3,(H6,13,14,15,16,17). The Morgan fingerprint density at radius 1 is 1.39 bits per heavy atom. The summed E-state index contributed by atoms with van der Waals surface area (Å²) in [5.41, 5.74) is 15.8. The highest BCUT2D eigenvalue weighted by molar-refractivity contribution is 6.32. The molecule has 0 aliphatic carbocycles. The number of halogens is 2. The molecule has 0 saturated carbocycles. The van der Waals surface area contributed by atoms with E-state index in [1.807, 2.05) is 0 Å². The molecule has 0 radical (unpaired) electrons.